The second-order valence-corrected chi connectivity index (χ2v) is 9.50. The average molecular weight is 485 g/mol. The molecule has 8 nitrogen and oxygen atoms in total. The van der Waals surface area contributed by atoms with Gasteiger partial charge in [-0.15, -0.1) is 11.3 Å². The SMILES string of the molecule is COc1ccc(-c2nc(COC(=O)c3ccc(S(=O)(=O)NCc4ccco4)cc3)cs2)cc1. The minimum absolute atomic E-state index is 0.0102. The highest BCUT2D eigenvalue weighted by atomic mass is 32.2. The average Bonchev–Trinajstić information content (AvgIpc) is 3.54. The molecule has 0 spiro atoms. The van der Waals surface area contributed by atoms with Gasteiger partial charge in [-0.25, -0.2) is 22.9 Å². The molecule has 33 heavy (non-hydrogen) atoms. The summed E-state index contributed by atoms with van der Waals surface area (Å²) in [6.45, 7) is 0.0432. The highest BCUT2D eigenvalue weighted by molar-refractivity contribution is 7.89. The zero-order chi connectivity index (χ0) is 23.3. The largest absolute Gasteiger partial charge is 0.497 e. The summed E-state index contributed by atoms with van der Waals surface area (Å²) in [6, 6.07) is 16.4. The Balaban J connectivity index is 1.33. The van der Waals surface area contributed by atoms with Crippen molar-refractivity contribution in [3.8, 4) is 16.3 Å². The Hall–Kier alpha value is -3.47. The zero-order valence-electron chi connectivity index (χ0n) is 17.6. The van der Waals surface area contributed by atoms with Crippen LogP contribution < -0.4 is 9.46 Å². The van der Waals surface area contributed by atoms with E-state index in [2.05, 4.69) is 9.71 Å². The Morgan fingerprint density at radius 3 is 2.52 bits per heavy atom. The summed E-state index contributed by atoms with van der Waals surface area (Å²) < 4.78 is 42.8. The van der Waals surface area contributed by atoms with E-state index in [-0.39, 0.29) is 23.6 Å². The molecule has 0 aliphatic heterocycles. The minimum atomic E-state index is -3.74. The van der Waals surface area contributed by atoms with Crippen LogP contribution in [0.4, 0.5) is 0 Å². The van der Waals surface area contributed by atoms with Crippen LogP contribution in [0.5, 0.6) is 5.75 Å². The molecule has 0 unspecified atom stereocenters. The third-order valence-corrected chi connectivity index (χ3v) is 7.01. The number of aromatic nitrogens is 1. The van der Waals surface area contributed by atoms with Crippen molar-refractivity contribution in [2.45, 2.75) is 18.0 Å². The fourth-order valence-corrected chi connectivity index (χ4v) is 4.70. The maximum Gasteiger partial charge on any atom is 0.338 e. The summed E-state index contributed by atoms with van der Waals surface area (Å²) in [5.74, 6) is 0.689. The van der Waals surface area contributed by atoms with Gasteiger partial charge >= 0.3 is 5.97 Å². The molecule has 2 aromatic heterocycles. The van der Waals surface area contributed by atoms with Gasteiger partial charge in [0.25, 0.3) is 0 Å². The molecule has 0 aliphatic carbocycles. The molecule has 10 heteroatoms. The molecule has 0 fully saturated rings. The highest BCUT2D eigenvalue weighted by Gasteiger charge is 2.16. The predicted octanol–water partition coefficient (Wildman–Crippen LogP) is 4.25. The smallest absolute Gasteiger partial charge is 0.338 e. The molecule has 0 amide bonds. The molecular formula is C23H20N2O6S2. The summed E-state index contributed by atoms with van der Waals surface area (Å²) in [4.78, 5) is 16.9. The van der Waals surface area contributed by atoms with Gasteiger partial charge in [0.15, 0.2) is 0 Å². The first-order valence-electron chi connectivity index (χ1n) is 9.83. The van der Waals surface area contributed by atoms with Crippen LogP contribution in [0, 0.1) is 0 Å². The van der Waals surface area contributed by atoms with E-state index in [9.17, 15) is 13.2 Å². The summed E-state index contributed by atoms with van der Waals surface area (Å²) in [6.07, 6.45) is 1.47. The number of hydrogen-bond donors (Lipinski definition) is 1. The summed E-state index contributed by atoms with van der Waals surface area (Å²) in [5.41, 5.74) is 1.81. The highest BCUT2D eigenvalue weighted by Crippen LogP contribution is 2.26. The maximum atomic E-state index is 12.4. The first-order valence-corrected chi connectivity index (χ1v) is 12.2. The Labute approximate surface area is 194 Å². The van der Waals surface area contributed by atoms with E-state index in [1.165, 1.54) is 41.9 Å². The van der Waals surface area contributed by atoms with Crippen LogP contribution in [0.25, 0.3) is 10.6 Å². The maximum absolute atomic E-state index is 12.4. The number of esters is 1. The van der Waals surface area contributed by atoms with Crippen LogP contribution in [-0.2, 0) is 27.9 Å². The van der Waals surface area contributed by atoms with Crippen molar-refractivity contribution in [2.24, 2.45) is 0 Å². The normalized spacial score (nSPS) is 11.3. The van der Waals surface area contributed by atoms with Gasteiger partial charge in [-0.1, -0.05) is 0 Å². The molecule has 0 aliphatic rings. The van der Waals surface area contributed by atoms with Crippen LogP contribution in [0.3, 0.4) is 0 Å². The van der Waals surface area contributed by atoms with Crippen molar-refractivity contribution in [3.63, 3.8) is 0 Å². The number of benzene rings is 2. The third-order valence-electron chi connectivity index (χ3n) is 4.66. The van der Waals surface area contributed by atoms with Crippen molar-refractivity contribution in [3.05, 3.63) is 89.3 Å². The number of nitrogens with zero attached hydrogens (tertiary/aromatic N) is 1. The summed E-state index contributed by atoms with van der Waals surface area (Å²) in [5, 5.41) is 2.63. The summed E-state index contributed by atoms with van der Waals surface area (Å²) >= 11 is 1.45. The quantitative estimate of drug-likeness (QED) is 0.354. The molecule has 0 saturated heterocycles. The van der Waals surface area contributed by atoms with Gasteiger partial charge in [0, 0.05) is 10.9 Å². The number of methoxy groups -OCH3 is 1. The molecule has 0 atom stereocenters. The molecule has 170 valence electrons. The first kappa shape index (κ1) is 22.7. The molecule has 0 saturated carbocycles. The summed E-state index contributed by atoms with van der Waals surface area (Å²) in [7, 11) is -2.13. The number of carbonyl (C=O) groups excluding carboxylic acids is 1. The zero-order valence-corrected chi connectivity index (χ0v) is 19.2. The van der Waals surface area contributed by atoms with E-state index in [1.54, 1.807) is 19.2 Å². The molecule has 2 aromatic carbocycles. The predicted molar refractivity (Wildman–Crippen MR) is 122 cm³/mol. The van der Waals surface area contributed by atoms with E-state index in [0.29, 0.717) is 11.5 Å². The lowest BCUT2D eigenvalue weighted by atomic mass is 10.2. The number of hydrogen-bond acceptors (Lipinski definition) is 8. The van der Waals surface area contributed by atoms with E-state index < -0.39 is 16.0 Å². The van der Waals surface area contributed by atoms with Crippen molar-refractivity contribution in [1.82, 2.24) is 9.71 Å². The third kappa shape index (κ3) is 5.67. The fourth-order valence-electron chi connectivity index (χ4n) is 2.90. The Morgan fingerprint density at radius 1 is 1.09 bits per heavy atom. The Bertz CT molecular complexity index is 1310. The number of rotatable bonds is 9. The second-order valence-electron chi connectivity index (χ2n) is 6.88. The number of thiazole rings is 1. The van der Waals surface area contributed by atoms with E-state index in [4.69, 9.17) is 13.9 Å². The number of sulfonamides is 1. The lowest BCUT2D eigenvalue weighted by Gasteiger charge is -2.07. The van der Waals surface area contributed by atoms with Crippen molar-refractivity contribution < 1.29 is 27.1 Å². The molecule has 2 heterocycles. The molecule has 1 N–H and O–H groups in total. The van der Waals surface area contributed by atoms with E-state index in [1.807, 2.05) is 29.6 Å². The van der Waals surface area contributed by atoms with Gasteiger partial charge in [0.1, 0.15) is 23.1 Å². The minimum Gasteiger partial charge on any atom is -0.497 e. The van der Waals surface area contributed by atoms with Gasteiger partial charge in [0.05, 0.1) is 36.1 Å². The lowest BCUT2D eigenvalue weighted by Crippen LogP contribution is -2.23. The van der Waals surface area contributed by atoms with Gasteiger partial charge in [-0.05, 0) is 60.7 Å². The molecular weight excluding hydrogens is 464 g/mol. The van der Waals surface area contributed by atoms with Crippen molar-refractivity contribution in [2.75, 3.05) is 7.11 Å². The van der Waals surface area contributed by atoms with Crippen LogP contribution in [0.1, 0.15) is 21.8 Å². The van der Waals surface area contributed by atoms with Gasteiger partial charge in [-0.3, -0.25) is 0 Å². The van der Waals surface area contributed by atoms with Crippen LogP contribution in [0.15, 0.2) is 81.6 Å². The van der Waals surface area contributed by atoms with Crippen LogP contribution in [0.2, 0.25) is 0 Å². The van der Waals surface area contributed by atoms with E-state index >= 15 is 0 Å². The van der Waals surface area contributed by atoms with E-state index in [0.717, 1.165) is 16.3 Å². The number of nitrogens with one attached hydrogen (secondary N) is 1. The van der Waals surface area contributed by atoms with Gasteiger partial charge in [0.2, 0.25) is 10.0 Å². The molecule has 4 rings (SSSR count). The van der Waals surface area contributed by atoms with Crippen LogP contribution in [-0.4, -0.2) is 26.5 Å². The number of furan rings is 1. The topological polar surface area (TPSA) is 108 Å². The lowest BCUT2D eigenvalue weighted by molar-refractivity contribution is 0.0468. The first-order chi connectivity index (χ1) is 15.9. The van der Waals surface area contributed by atoms with Crippen molar-refractivity contribution in [1.29, 1.82) is 0 Å². The monoisotopic (exact) mass is 484 g/mol. The second kappa shape index (κ2) is 9.99. The number of carbonyl (C=O) groups is 1. The van der Waals surface area contributed by atoms with Gasteiger partial charge < -0.3 is 13.9 Å². The Kier molecular flexibility index (Phi) is 6.87. The van der Waals surface area contributed by atoms with Crippen LogP contribution >= 0.6 is 11.3 Å². The molecule has 4 aromatic rings. The molecule has 0 bridgehead atoms. The standard InChI is InChI=1S/C23H20N2O6S2/c1-29-19-8-4-16(5-9-19)22-25-18(15-32-22)14-31-23(26)17-6-10-21(11-7-17)33(27,28)24-13-20-3-2-12-30-20/h2-12,15,24H,13-14H2,1H3. The fraction of sp³-hybridized carbons (Fsp3) is 0.130. The Morgan fingerprint density at radius 2 is 1.85 bits per heavy atom. The van der Waals surface area contributed by atoms with Gasteiger partial charge in [-0.2, -0.15) is 0 Å². The van der Waals surface area contributed by atoms with Crippen molar-refractivity contribution >= 4 is 27.3 Å². The molecule has 0 radical (unpaired) electrons. The number of ether oxygens (including phenoxy) is 2.